The molecular formula is C21H22F3N3O2. The third kappa shape index (κ3) is 3.97. The summed E-state index contributed by atoms with van der Waals surface area (Å²) in [5, 5.41) is 3.29. The molecule has 29 heavy (non-hydrogen) atoms. The Morgan fingerprint density at radius 3 is 2.34 bits per heavy atom. The fourth-order valence-electron chi connectivity index (χ4n) is 3.83. The minimum absolute atomic E-state index is 0.132. The van der Waals surface area contributed by atoms with Crippen LogP contribution in [0.2, 0.25) is 0 Å². The molecule has 1 aromatic heterocycles. The molecule has 3 aromatic rings. The Morgan fingerprint density at radius 2 is 1.72 bits per heavy atom. The number of rotatable bonds is 4. The number of oxazole rings is 1. The van der Waals surface area contributed by atoms with Gasteiger partial charge in [0.15, 0.2) is 5.58 Å². The van der Waals surface area contributed by atoms with E-state index < -0.39 is 12.1 Å². The second-order valence-corrected chi connectivity index (χ2v) is 7.27. The van der Waals surface area contributed by atoms with Gasteiger partial charge >= 0.3 is 11.9 Å². The number of aryl methyl sites for hydroxylation is 1. The minimum Gasteiger partial charge on any atom is -0.408 e. The fourth-order valence-corrected chi connectivity index (χ4v) is 3.83. The molecule has 1 aliphatic rings. The lowest BCUT2D eigenvalue weighted by atomic mass is 9.96. The molecule has 1 aliphatic heterocycles. The molecule has 4 rings (SSSR count). The molecule has 2 aromatic carbocycles. The zero-order chi connectivity index (χ0) is 20.6. The summed E-state index contributed by atoms with van der Waals surface area (Å²) in [6, 6.07) is 13.1. The maximum absolute atomic E-state index is 12.8. The highest BCUT2D eigenvalue weighted by molar-refractivity contribution is 5.79. The topological polar surface area (TPSA) is 50.4 Å². The molecule has 8 heteroatoms. The van der Waals surface area contributed by atoms with Crippen LogP contribution in [0, 0.1) is 5.92 Å². The van der Waals surface area contributed by atoms with Gasteiger partial charge in [0.05, 0.1) is 11.4 Å². The average Bonchev–Trinajstić information content (AvgIpc) is 3.02. The predicted octanol–water partition coefficient (Wildman–Crippen LogP) is 5.14. The predicted molar refractivity (Wildman–Crippen MR) is 107 cm³/mol. The maximum Gasteiger partial charge on any atom is 0.419 e. The van der Waals surface area contributed by atoms with Crippen molar-refractivity contribution < 1.29 is 17.6 Å². The molecule has 154 valence electrons. The van der Waals surface area contributed by atoms with Crippen molar-refractivity contribution in [3.63, 3.8) is 0 Å². The zero-order valence-electron chi connectivity index (χ0n) is 16.0. The van der Waals surface area contributed by atoms with Gasteiger partial charge in [0.25, 0.3) is 0 Å². The van der Waals surface area contributed by atoms with Crippen molar-refractivity contribution in [3.8, 4) is 0 Å². The lowest BCUT2D eigenvalue weighted by molar-refractivity contribution is -0.179. The van der Waals surface area contributed by atoms with Crippen molar-refractivity contribution in [1.82, 2.24) is 4.57 Å². The van der Waals surface area contributed by atoms with Crippen LogP contribution >= 0.6 is 0 Å². The number of hydrogen-bond donors (Lipinski definition) is 1. The van der Waals surface area contributed by atoms with Gasteiger partial charge in [0.1, 0.15) is 0 Å². The molecule has 0 amide bonds. The van der Waals surface area contributed by atoms with Gasteiger partial charge in [-0.25, -0.2) is 4.79 Å². The third-order valence-electron chi connectivity index (χ3n) is 5.46. The normalized spacial score (nSPS) is 15.8. The van der Waals surface area contributed by atoms with E-state index in [9.17, 15) is 18.0 Å². The van der Waals surface area contributed by atoms with Crippen LogP contribution in [-0.2, 0) is 6.54 Å². The standard InChI is InChI=1S/C21H22F3N3O2/c1-2-27-18-13-16(5-8-19(18)29-20(27)28)25-15-3-6-17(7-4-15)26-11-9-14(10-12-26)21(22,23)24/h3-8,13-14,25H,2,9-12H2,1H3. The minimum atomic E-state index is -4.10. The summed E-state index contributed by atoms with van der Waals surface area (Å²) in [4.78, 5) is 13.8. The fraction of sp³-hybridized carbons (Fsp3) is 0.381. The van der Waals surface area contributed by atoms with Crippen molar-refractivity contribution in [2.75, 3.05) is 23.3 Å². The Labute approximate surface area is 165 Å². The first-order valence-electron chi connectivity index (χ1n) is 9.67. The Kier molecular flexibility index (Phi) is 5.02. The molecule has 0 bridgehead atoms. The van der Waals surface area contributed by atoms with E-state index in [1.807, 2.05) is 48.2 Å². The SMILES string of the molecule is CCn1c(=O)oc2ccc(Nc3ccc(N4CCC(C(F)(F)F)CC4)cc3)cc21. The maximum atomic E-state index is 12.8. The highest BCUT2D eigenvalue weighted by atomic mass is 19.4. The van der Waals surface area contributed by atoms with Crippen molar-refractivity contribution in [2.45, 2.75) is 32.5 Å². The lowest BCUT2D eigenvalue weighted by Gasteiger charge is -2.34. The third-order valence-corrected chi connectivity index (χ3v) is 5.46. The van der Waals surface area contributed by atoms with E-state index in [1.165, 1.54) is 0 Å². The lowest BCUT2D eigenvalue weighted by Crippen LogP contribution is -2.38. The van der Waals surface area contributed by atoms with E-state index >= 15 is 0 Å². The van der Waals surface area contributed by atoms with Crippen molar-refractivity contribution in [1.29, 1.82) is 0 Å². The molecule has 5 nitrogen and oxygen atoms in total. The monoisotopic (exact) mass is 405 g/mol. The van der Waals surface area contributed by atoms with E-state index in [4.69, 9.17) is 4.42 Å². The highest BCUT2D eigenvalue weighted by Crippen LogP contribution is 2.35. The van der Waals surface area contributed by atoms with E-state index in [1.54, 1.807) is 10.6 Å². The van der Waals surface area contributed by atoms with Crippen LogP contribution in [0.3, 0.4) is 0 Å². The quantitative estimate of drug-likeness (QED) is 0.653. The van der Waals surface area contributed by atoms with E-state index in [0.717, 1.165) is 22.6 Å². The molecule has 1 N–H and O–H groups in total. The molecule has 0 atom stereocenters. The van der Waals surface area contributed by atoms with Gasteiger partial charge in [-0.1, -0.05) is 0 Å². The molecule has 1 saturated heterocycles. The first-order chi connectivity index (χ1) is 13.8. The molecule has 0 aliphatic carbocycles. The molecular weight excluding hydrogens is 383 g/mol. The van der Waals surface area contributed by atoms with Crippen LogP contribution in [0.15, 0.2) is 51.7 Å². The second kappa shape index (κ2) is 7.50. The summed E-state index contributed by atoms with van der Waals surface area (Å²) in [5.74, 6) is -1.57. The van der Waals surface area contributed by atoms with Gasteiger partial charge in [-0.05, 0) is 62.2 Å². The van der Waals surface area contributed by atoms with Gasteiger partial charge in [-0.3, -0.25) is 4.57 Å². The zero-order valence-corrected chi connectivity index (χ0v) is 16.0. The van der Waals surface area contributed by atoms with Crippen LogP contribution in [0.1, 0.15) is 19.8 Å². The highest BCUT2D eigenvalue weighted by Gasteiger charge is 2.41. The summed E-state index contributed by atoms with van der Waals surface area (Å²) < 4.78 is 45.3. The second-order valence-electron chi connectivity index (χ2n) is 7.27. The van der Waals surface area contributed by atoms with E-state index in [2.05, 4.69) is 5.32 Å². The van der Waals surface area contributed by atoms with E-state index in [0.29, 0.717) is 25.2 Å². The van der Waals surface area contributed by atoms with Crippen LogP contribution in [-0.4, -0.2) is 23.8 Å². The molecule has 1 fully saturated rings. The first-order valence-corrected chi connectivity index (χ1v) is 9.67. The number of nitrogens with zero attached hydrogens (tertiary/aromatic N) is 2. The molecule has 2 heterocycles. The largest absolute Gasteiger partial charge is 0.419 e. The number of aromatic nitrogens is 1. The number of halogens is 3. The number of alkyl halides is 3. The molecule has 0 spiro atoms. The summed E-state index contributed by atoms with van der Waals surface area (Å²) >= 11 is 0. The summed E-state index contributed by atoms with van der Waals surface area (Å²) in [6.45, 7) is 3.22. The Bertz CT molecular complexity index is 1050. The van der Waals surface area contributed by atoms with Gasteiger partial charge in [-0.15, -0.1) is 0 Å². The molecule has 0 saturated carbocycles. The van der Waals surface area contributed by atoms with Crippen molar-refractivity contribution in [3.05, 3.63) is 53.0 Å². The average molecular weight is 405 g/mol. The van der Waals surface area contributed by atoms with E-state index in [-0.39, 0.29) is 18.6 Å². The van der Waals surface area contributed by atoms with Crippen molar-refractivity contribution in [2.24, 2.45) is 5.92 Å². The number of hydrogen-bond acceptors (Lipinski definition) is 4. The number of nitrogens with one attached hydrogen (secondary N) is 1. The van der Waals surface area contributed by atoms with Crippen LogP contribution in [0.25, 0.3) is 11.1 Å². The smallest absolute Gasteiger partial charge is 0.408 e. The van der Waals surface area contributed by atoms with Gasteiger partial charge in [-0.2, -0.15) is 13.2 Å². The Hall–Kier alpha value is -2.90. The first kappa shape index (κ1) is 19.4. The molecule has 0 unspecified atom stereocenters. The van der Waals surface area contributed by atoms with Crippen LogP contribution in [0.4, 0.5) is 30.2 Å². The Morgan fingerprint density at radius 1 is 1.07 bits per heavy atom. The van der Waals surface area contributed by atoms with Crippen LogP contribution in [0.5, 0.6) is 0 Å². The van der Waals surface area contributed by atoms with Gasteiger partial charge in [0.2, 0.25) is 0 Å². The Balaban J connectivity index is 1.45. The summed E-state index contributed by atoms with van der Waals surface area (Å²) in [5.41, 5.74) is 3.86. The van der Waals surface area contributed by atoms with Crippen LogP contribution < -0.4 is 16.0 Å². The summed E-state index contributed by atoms with van der Waals surface area (Å²) in [6.07, 6.45) is -3.83. The number of anilines is 3. The molecule has 0 radical (unpaired) electrons. The number of piperidine rings is 1. The number of benzene rings is 2. The van der Waals surface area contributed by atoms with Gasteiger partial charge in [0, 0.05) is 36.7 Å². The van der Waals surface area contributed by atoms with Crippen molar-refractivity contribution >= 4 is 28.2 Å². The number of fused-ring (bicyclic) bond motifs is 1. The van der Waals surface area contributed by atoms with Gasteiger partial charge < -0.3 is 14.6 Å². The summed E-state index contributed by atoms with van der Waals surface area (Å²) in [7, 11) is 0.